The Morgan fingerprint density at radius 2 is 1.71 bits per heavy atom. The number of aliphatic hydroxyl groups excluding tert-OH is 1. The second-order valence-electron chi connectivity index (χ2n) is 6.38. The molecule has 2 aromatic carbocycles. The molecule has 1 N–H and O–H groups in total. The number of rotatable bonds is 2. The fourth-order valence-corrected chi connectivity index (χ4v) is 3.71. The van der Waals surface area contributed by atoms with Crippen LogP contribution in [0, 0.1) is 5.92 Å². The number of ether oxygens (including phenoxy) is 1. The van der Waals surface area contributed by atoms with E-state index in [-0.39, 0.29) is 6.10 Å². The second-order valence-corrected chi connectivity index (χ2v) is 6.38. The summed E-state index contributed by atoms with van der Waals surface area (Å²) in [5, 5.41) is 10.7. The van der Waals surface area contributed by atoms with E-state index in [2.05, 4.69) is 37.3 Å². The van der Waals surface area contributed by atoms with Crippen molar-refractivity contribution in [3.05, 3.63) is 64.7 Å². The van der Waals surface area contributed by atoms with Gasteiger partial charge in [0.15, 0.2) is 0 Å². The standard InChI is InChI=1S/C19H20O2/c1-12-8-16-11-15(6-7-18(16)21-12)19(20)17-9-13-4-2-3-5-14(13)10-17/h2-7,11-12,17,19-20H,8-10H2,1H3. The van der Waals surface area contributed by atoms with Gasteiger partial charge in [0.2, 0.25) is 0 Å². The summed E-state index contributed by atoms with van der Waals surface area (Å²) < 4.78 is 5.74. The van der Waals surface area contributed by atoms with E-state index in [1.165, 1.54) is 16.7 Å². The van der Waals surface area contributed by atoms with Gasteiger partial charge >= 0.3 is 0 Å². The Kier molecular flexibility index (Phi) is 3.00. The van der Waals surface area contributed by atoms with E-state index < -0.39 is 6.10 Å². The topological polar surface area (TPSA) is 29.5 Å². The highest BCUT2D eigenvalue weighted by Gasteiger charge is 2.29. The highest BCUT2D eigenvalue weighted by Crippen LogP contribution is 2.37. The fourth-order valence-electron chi connectivity index (χ4n) is 3.71. The normalized spacial score (nSPS) is 21.7. The summed E-state index contributed by atoms with van der Waals surface area (Å²) in [5.41, 5.74) is 5.04. The molecule has 0 fully saturated rings. The van der Waals surface area contributed by atoms with Crippen molar-refractivity contribution in [3.8, 4) is 5.75 Å². The molecule has 0 bridgehead atoms. The fraction of sp³-hybridized carbons (Fsp3) is 0.368. The van der Waals surface area contributed by atoms with Crippen molar-refractivity contribution in [2.75, 3.05) is 0 Å². The Hall–Kier alpha value is -1.80. The molecule has 0 radical (unpaired) electrons. The molecular formula is C19H20O2. The maximum atomic E-state index is 10.7. The van der Waals surface area contributed by atoms with Crippen LogP contribution >= 0.6 is 0 Å². The van der Waals surface area contributed by atoms with E-state index in [4.69, 9.17) is 4.74 Å². The first-order valence-electron chi connectivity index (χ1n) is 7.75. The largest absolute Gasteiger partial charge is 0.490 e. The maximum absolute atomic E-state index is 10.7. The third-order valence-corrected chi connectivity index (χ3v) is 4.79. The van der Waals surface area contributed by atoms with Gasteiger partial charge in [-0.15, -0.1) is 0 Å². The predicted molar refractivity (Wildman–Crippen MR) is 82.5 cm³/mol. The molecule has 0 amide bonds. The van der Waals surface area contributed by atoms with Crippen LogP contribution in [-0.2, 0) is 19.3 Å². The Balaban J connectivity index is 1.57. The summed E-state index contributed by atoms with van der Waals surface area (Å²) in [4.78, 5) is 0. The summed E-state index contributed by atoms with van der Waals surface area (Å²) in [6.45, 7) is 2.09. The van der Waals surface area contributed by atoms with Crippen molar-refractivity contribution >= 4 is 0 Å². The van der Waals surface area contributed by atoms with E-state index in [1.54, 1.807) is 0 Å². The zero-order valence-corrected chi connectivity index (χ0v) is 12.3. The van der Waals surface area contributed by atoms with Crippen LogP contribution in [0.15, 0.2) is 42.5 Å². The van der Waals surface area contributed by atoms with Gasteiger partial charge in [-0.05, 0) is 60.1 Å². The molecule has 0 saturated heterocycles. The molecule has 0 spiro atoms. The number of hydrogen-bond acceptors (Lipinski definition) is 2. The maximum Gasteiger partial charge on any atom is 0.123 e. The molecule has 1 heterocycles. The second kappa shape index (κ2) is 4.88. The minimum atomic E-state index is -0.390. The van der Waals surface area contributed by atoms with Crippen molar-refractivity contribution in [1.82, 2.24) is 0 Å². The zero-order valence-electron chi connectivity index (χ0n) is 12.3. The van der Waals surface area contributed by atoms with Gasteiger partial charge in [0.25, 0.3) is 0 Å². The van der Waals surface area contributed by atoms with Crippen molar-refractivity contribution in [3.63, 3.8) is 0 Å². The van der Waals surface area contributed by atoms with Crippen LogP contribution < -0.4 is 4.74 Å². The molecule has 2 heteroatoms. The molecule has 21 heavy (non-hydrogen) atoms. The smallest absolute Gasteiger partial charge is 0.123 e. The van der Waals surface area contributed by atoms with Crippen molar-refractivity contribution in [2.45, 2.75) is 38.4 Å². The molecular weight excluding hydrogens is 260 g/mol. The summed E-state index contributed by atoms with van der Waals surface area (Å²) in [6.07, 6.45) is 2.76. The molecule has 0 saturated carbocycles. The molecule has 2 aliphatic rings. The number of hydrogen-bond donors (Lipinski definition) is 1. The lowest BCUT2D eigenvalue weighted by Gasteiger charge is -2.18. The average molecular weight is 280 g/mol. The Labute approximate surface area is 125 Å². The molecule has 2 atom stereocenters. The molecule has 2 unspecified atom stereocenters. The van der Waals surface area contributed by atoms with Gasteiger partial charge in [-0.1, -0.05) is 30.3 Å². The third kappa shape index (κ3) is 2.24. The Bertz CT molecular complexity index is 652. The summed E-state index contributed by atoms with van der Waals surface area (Å²) in [7, 11) is 0. The van der Waals surface area contributed by atoms with Gasteiger partial charge in [-0.3, -0.25) is 0 Å². The molecule has 1 aliphatic carbocycles. The van der Waals surface area contributed by atoms with Crippen LogP contribution in [0.2, 0.25) is 0 Å². The lowest BCUT2D eigenvalue weighted by atomic mass is 9.92. The van der Waals surface area contributed by atoms with Gasteiger partial charge in [0.1, 0.15) is 11.9 Å². The van der Waals surface area contributed by atoms with Crippen LogP contribution in [0.4, 0.5) is 0 Å². The first-order valence-corrected chi connectivity index (χ1v) is 7.75. The molecule has 4 rings (SSSR count). The molecule has 1 aliphatic heterocycles. The predicted octanol–water partition coefficient (Wildman–Crippen LogP) is 3.46. The average Bonchev–Trinajstić information content (AvgIpc) is 3.07. The SMILES string of the molecule is CC1Cc2cc(C(O)C3Cc4ccccc4C3)ccc2O1. The zero-order chi connectivity index (χ0) is 14.4. The first kappa shape index (κ1) is 12.9. The third-order valence-electron chi connectivity index (χ3n) is 4.79. The van der Waals surface area contributed by atoms with Crippen molar-refractivity contribution in [1.29, 1.82) is 0 Å². The van der Waals surface area contributed by atoms with E-state index in [9.17, 15) is 5.11 Å². The van der Waals surface area contributed by atoms with Crippen molar-refractivity contribution in [2.24, 2.45) is 5.92 Å². The highest BCUT2D eigenvalue weighted by molar-refractivity contribution is 5.42. The van der Waals surface area contributed by atoms with Crippen LogP contribution in [0.3, 0.4) is 0 Å². The van der Waals surface area contributed by atoms with Gasteiger partial charge in [0, 0.05) is 6.42 Å². The minimum Gasteiger partial charge on any atom is -0.490 e. The number of aliphatic hydroxyl groups is 1. The summed E-state index contributed by atoms with van der Waals surface area (Å²) in [5.74, 6) is 1.27. The van der Waals surface area contributed by atoms with Crippen molar-refractivity contribution < 1.29 is 9.84 Å². The van der Waals surface area contributed by atoms with Crippen LogP contribution in [0.5, 0.6) is 5.75 Å². The van der Waals surface area contributed by atoms with Crippen LogP contribution in [0.1, 0.15) is 35.3 Å². The van der Waals surface area contributed by atoms with Crippen LogP contribution in [0.25, 0.3) is 0 Å². The Morgan fingerprint density at radius 3 is 2.43 bits per heavy atom. The quantitative estimate of drug-likeness (QED) is 0.913. The lowest BCUT2D eigenvalue weighted by molar-refractivity contribution is 0.113. The molecule has 108 valence electrons. The van der Waals surface area contributed by atoms with Gasteiger partial charge < -0.3 is 9.84 Å². The van der Waals surface area contributed by atoms with E-state index in [0.29, 0.717) is 5.92 Å². The molecule has 2 nitrogen and oxygen atoms in total. The van der Waals surface area contributed by atoms with E-state index in [1.807, 2.05) is 12.1 Å². The number of benzene rings is 2. The molecule has 0 aromatic heterocycles. The van der Waals surface area contributed by atoms with Gasteiger partial charge in [0.05, 0.1) is 6.10 Å². The monoisotopic (exact) mass is 280 g/mol. The minimum absolute atomic E-state index is 0.253. The van der Waals surface area contributed by atoms with E-state index in [0.717, 1.165) is 30.6 Å². The molecule has 2 aromatic rings. The van der Waals surface area contributed by atoms with Crippen LogP contribution in [-0.4, -0.2) is 11.2 Å². The van der Waals surface area contributed by atoms with Gasteiger partial charge in [-0.2, -0.15) is 0 Å². The van der Waals surface area contributed by atoms with E-state index >= 15 is 0 Å². The summed E-state index contributed by atoms with van der Waals surface area (Å²) >= 11 is 0. The first-order chi connectivity index (χ1) is 10.2. The Morgan fingerprint density at radius 1 is 1.00 bits per heavy atom. The summed E-state index contributed by atoms with van der Waals surface area (Å²) in [6, 6.07) is 14.7. The van der Waals surface area contributed by atoms with Gasteiger partial charge in [-0.25, -0.2) is 0 Å². The number of fused-ring (bicyclic) bond motifs is 2. The highest BCUT2D eigenvalue weighted by atomic mass is 16.5. The lowest BCUT2D eigenvalue weighted by Crippen LogP contribution is -2.13.